The summed E-state index contributed by atoms with van der Waals surface area (Å²) in [4.78, 5) is 10.5. The first-order valence-corrected chi connectivity index (χ1v) is 4.22. The zero-order valence-corrected chi connectivity index (χ0v) is 7.95. The molecular weight excluding hydrogens is 156 g/mol. The first-order valence-electron chi connectivity index (χ1n) is 4.22. The van der Waals surface area contributed by atoms with E-state index in [1.807, 2.05) is 0 Å². The van der Waals surface area contributed by atoms with Crippen molar-refractivity contribution in [3.63, 3.8) is 0 Å². The number of primary amides is 1. The number of rotatable bonds is 4. The highest BCUT2D eigenvalue weighted by Gasteiger charge is 2.14. The van der Waals surface area contributed by atoms with Gasteiger partial charge in [0.2, 0.25) is 0 Å². The van der Waals surface area contributed by atoms with E-state index < -0.39 is 6.03 Å². The fourth-order valence-electron chi connectivity index (χ4n) is 0.914. The summed E-state index contributed by atoms with van der Waals surface area (Å²) in [7, 11) is 0. The summed E-state index contributed by atoms with van der Waals surface area (Å²) in [5, 5.41) is 9.65. The number of nitrogens with zero attached hydrogens (tertiary/aromatic N) is 1. The molecule has 0 rings (SSSR count). The third-order valence-electron chi connectivity index (χ3n) is 1.81. The van der Waals surface area contributed by atoms with E-state index in [1.54, 1.807) is 6.92 Å². The van der Waals surface area contributed by atoms with Gasteiger partial charge in [0, 0.05) is 0 Å². The molecule has 0 fully saturated rings. The van der Waals surface area contributed by atoms with E-state index >= 15 is 0 Å². The fourth-order valence-corrected chi connectivity index (χ4v) is 0.914. The molecule has 0 heterocycles. The summed E-state index contributed by atoms with van der Waals surface area (Å²) in [5.74, 6) is 0.578. The van der Waals surface area contributed by atoms with Crippen molar-refractivity contribution >= 4 is 6.03 Å². The minimum absolute atomic E-state index is 0.190. The molecule has 0 aromatic carbocycles. The van der Waals surface area contributed by atoms with Crippen LogP contribution in [0.3, 0.4) is 0 Å². The number of urea groups is 1. The normalized spacial score (nSPS) is 13.1. The molecule has 3 N–H and O–H groups in total. The first-order chi connectivity index (χ1) is 5.45. The molecule has 0 aliphatic rings. The Labute approximate surface area is 73.3 Å². The lowest BCUT2D eigenvalue weighted by atomic mass is 10.0. The van der Waals surface area contributed by atoms with Gasteiger partial charge in [0.1, 0.15) is 0 Å². The molecule has 0 saturated heterocycles. The smallest absolute Gasteiger partial charge is 0.338 e. The Kier molecular flexibility index (Phi) is 4.66. The lowest BCUT2D eigenvalue weighted by Crippen LogP contribution is -2.39. The van der Waals surface area contributed by atoms with Crippen LogP contribution in [-0.4, -0.2) is 22.3 Å². The van der Waals surface area contributed by atoms with Crippen LogP contribution in [0.25, 0.3) is 0 Å². The monoisotopic (exact) mass is 174 g/mol. The van der Waals surface area contributed by atoms with Crippen molar-refractivity contribution < 1.29 is 10.0 Å². The number of amides is 2. The van der Waals surface area contributed by atoms with Crippen LogP contribution < -0.4 is 5.73 Å². The first kappa shape index (κ1) is 11.2. The van der Waals surface area contributed by atoms with Crippen molar-refractivity contribution in [2.24, 2.45) is 11.7 Å². The average molecular weight is 174 g/mol. The Morgan fingerprint density at radius 2 is 1.92 bits per heavy atom. The van der Waals surface area contributed by atoms with Crippen LogP contribution in [0.2, 0.25) is 0 Å². The number of carbonyl (C=O) groups excluding carboxylic acids is 1. The zero-order chi connectivity index (χ0) is 9.72. The maximum absolute atomic E-state index is 10.5. The maximum atomic E-state index is 10.5. The van der Waals surface area contributed by atoms with Crippen molar-refractivity contribution in [1.29, 1.82) is 0 Å². The molecule has 72 valence electrons. The van der Waals surface area contributed by atoms with Crippen LogP contribution in [0, 0.1) is 5.92 Å². The summed E-state index contributed by atoms with van der Waals surface area (Å²) in [6, 6.07) is -0.976. The number of hydrogen-bond donors (Lipinski definition) is 2. The van der Waals surface area contributed by atoms with Crippen LogP contribution in [0.4, 0.5) is 4.79 Å². The zero-order valence-electron chi connectivity index (χ0n) is 7.95. The van der Waals surface area contributed by atoms with E-state index in [4.69, 9.17) is 10.9 Å². The predicted molar refractivity (Wildman–Crippen MR) is 46.7 cm³/mol. The molecule has 12 heavy (non-hydrogen) atoms. The molecule has 0 aliphatic heterocycles. The van der Waals surface area contributed by atoms with Crippen molar-refractivity contribution in [1.82, 2.24) is 5.06 Å². The SMILES string of the molecule is CC(C)CC[C@@H](C)N(O)C(N)=O. The highest BCUT2D eigenvalue weighted by molar-refractivity contribution is 5.70. The van der Waals surface area contributed by atoms with E-state index in [1.165, 1.54) is 0 Å². The van der Waals surface area contributed by atoms with Gasteiger partial charge in [0.15, 0.2) is 0 Å². The number of nitrogens with two attached hydrogens (primary N) is 1. The standard InChI is InChI=1S/C8H18N2O2/c1-6(2)4-5-7(3)10(12)8(9)11/h6-7,12H,4-5H2,1-3H3,(H2,9,11)/t7-/m1/s1. The second-order valence-corrected chi connectivity index (χ2v) is 3.50. The van der Waals surface area contributed by atoms with Crippen molar-refractivity contribution in [3.8, 4) is 0 Å². The van der Waals surface area contributed by atoms with Gasteiger partial charge < -0.3 is 5.73 Å². The summed E-state index contributed by atoms with van der Waals surface area (Å²) < 4.78 is 0. The lowest BCUT2D eigenvalue weighted by molar-refractivity contribution is -0.0725. The van der Waals surface area contributed by atoms with Crippen LogP contribution in [-0.2, 0) is 0 Å². The van der Waals surface area contributed by atoms with Gasteiger partial charge in [-0.2, -0.15) is 0 Å². The van der Waals surface area contributed by atoms with Crippen molar-refractivity contribution in [2.75, 3.05) is 0 Å². The summed E-state index contributed by atoms with van der Waals surface area (Å²) in [5.41, 5.74) is 4.88. The quantitative estimate of drug-likeness (QED) is 0.502. The van der Waals surface area contributed by atoms with Gasteiger partial charge in [-0.3, -0.25) is 5.21 Å². The van der Waals surface area contributed by atoms with Gasteiger partial charge in [-0.25, -0.2) is 9.86 Å². The molecule has 4 nitrogen and oxygen atoms in total. The molecule has 0 spiro atoms. The van der Waals surface area contributed by atoms with Gasteiger partial charge in [0.05, 0.1) is 6.04 Å². The van der Waals surface area contributed by atoms with E-state index in [2.05, 4.69) is 13.8 Å². The molecular formula is C8H18N2O2. The molecule has 0 unspecified atom stereocenters. The molecule has 0 aliphatic carbocycles. The topological polar surface area (TPSA) is 66.6 Å². The Morgan fingerprint density at radius 3 is 2.25 bits per heavy atom. The average Bonchev–Trinajstić information content (AvgIpc) is 1.98. The molecule has 0 aromatic rings. The lowest BCUT2D eigenvalue weighted by Gasteiger charge is -2.20. The number of carbonyl (C=O) groups is 1. The molecule has 0 saturated carbocycles. The Balaban J connectivity index is 3.71. The second-order valence-electron chi connectivity index (χ2n) is 3.50. The van der Waals surface area contributed by atoms with Gasteiger partial charge in [0.25, 0.3) is 0 Å². The van der Waals surface area contributed by atoms with E-state index in [9.17, 15) is 4.79 Å². The molecule has 0 bridgehead atoms. The largest absolute Gasteiger partial charge is 0.350 e. The van der Waals surface area contributed by atoms with E-state index in [0.717, 1.165) is 12.8 Å². The fraction of sp³-hybridized carbons (Fsp3) is 0.875. The predicted octanol–water partition coefficient (Wildman–Crippen LogP) is 1.58. The van der Waals surface area contributed by atoms with Crippen molar-refractivity contribution in [2.45, 2.75) is 39.7 Å². The molecule has 1 atom stereocenters. The van der Waals surface area contributed by atoms with Gasteiger partial charge in [-0.1, -0.05) is 13.8 Å². The van der Waals surface area contributed by atoms with Crippen LogP contribution in [0.1, 0.15) is 33.6 Å². The van der Waals surface area contributed by atoms with Gasteiger partial charge >= 0.3 is 6.03 Å². The minimum atomic E-state index is -0.786. The number of hydroxylamine groups is 2. The highest BCUT2D eigenvalue weighted by atomic mass is 16.5. The van der Waals surface area contributed by atoms with Crippen LogP contribution in [0.5, 0.6) is 0 Å². The van der Waals surface area contributed by atoms with Gasteiger partial charge in [-0.05, 0) is 25.7 Å². The Morgan fingerprint density at radius 1 is 1.42 bits per heavy atom. The maximum Gasteiger partial charge on any atom is 0.338 e. The third-order valence-corrected chi connectivity index (χ3v) is 1.81. The molecule has 4 heteroatoms. The third kappa shape index (κ3) is 4.18. The van der Waals surface area contributed by atoms with Crippen LogP contribution >= 0.6 is 0 Å². The Bertz CT molecular complexity index is 148. The van der Waals surface area contributed by atoms with Gasteiger partial charge in [-0.15, -0.1) is 0 Å². The van der Waals surface area contributed by atoms with Crippen LogP contribution in [0.15, 0.2) is 0 Å². The molecule has 0 aromatic heterocycles. The minimum Gasteiger partial charge on any atom is -0.350 e. The summed E-state index contributed by atoms with van der Waals surface area (Å²) in [6.45, 7) is 5.96. The van der Waals surface area contributed by atoms with Crippen molar-refractivity contribution in [3.05, 3.63) is 0 Å². The summed E-state index contributed by atoms with van der Waals surface area (Å²) in [6.07, 6.45) is 1.75. The Hall–Kier alpha value is -0.770. The molecule has 2 amide bonds. The summed E-state index contributed by atoms with van der Waals surface area (Å²) >= 11 is 0. The molecule has 0 radical (unpaired) electrons. The number of hydrogen-bond acceptors (Lipinski definition) is 2. The second kappa shape index (κ2) is 4.98. The van der Waals surface area contributed by atoms with E-state index in [-0.39, 0.29) is 6.04 Å². The highest BCUT2D eigenvalue weighted by Crippen LogP contribution is 2.09. The van der Waals surface area contributed by atoms with E-state index in [0.29, 0.717) is 11.0 Å².